The van der Waals surface area contributed by atoms with Gasteiger partial charge in [0.2, 0.25) is 0 Å². The van der Waals surface area contributed by atoms with Gasteiger partial charge in [0.1, 0.15) is 0 Å². The van der Waals surface area contributed by atoms with Crippen molar-refractivity contribution in [1.29, 1.82) is 0 Å². The van der Waals surface area contributed by atoms with E-state index in [1.54, 1.807) is 0 Å². The molecule has 0 aromatic carbocycles. The summed E-state index contributed by atoms with van der Waals surface area (Å²) in [7, 11) is 0. The van der Waals surface area contributed by atoms with Crippen LogP contribution in [-0.4, -0.2) is 25.3 Å². The number of hydrogen-bond donors (Lipinski definition) is 2. The second-order valence-electron chi connectivity index (χ2n) is 3.11. The number of nitrogens with two attached hydrogens (primary N) is 2. The predicted octanol–water partition coefficient (Wildman–Crippen LogP) is 0.232. The first-order valence-corrected chi connectivity index (χ1v) is 4.42. The highest BCUT2D eigenvalue weighted by atomic mass is 16.5. The van der Waals surface area contributed by atoms with E-state index in [0.717, 1.165) is 25.9 Å². The van der Waals surface area contributed by atoms with Crippen molar-refractivity contribution in [2.75, 3.05) is 13.1 Å². The van der Waals surface area contributed by atoms with Gasteiger partial charge in [0.25, 0.3) is 0 Å². The Morgan fingerprint density at radius 1 is 1.00 bits per heavy atom. The van der Waals surface area contributed by atoms with Crippen LogP contribution in [0.25, 0.3) is 0 Å². The predicted molar refractivity (Wildman–Crippen MR) is 45.2 cm³/mol. The summed E-state index contributed by atoms with van der Waals surface area (Å²) in [6, 6.07) is 0. The third kappa shape index (κ3) is 2.77. The number of rotatable bonds is 4. The van der Waals surface area contributed by atoms with Gasteiger partial charge in [-0.05, 0) is 38.8 Å². The summed E-state index contributed by atoms with van der Waals surface area (Å²) in [5.41, 5.74) is 10.8. The number of ether oxygens (including phenoxy) is 1. The smallest absolute Gasteiger partial charge is 0.0591 e. The van der Waals surface area contributed by atoms with Crippen LogP contribution in [0.3, 0.4) is 0 Å². The van der Waals surface area contributed by atoms with Crippen molar-refractivity contribution in [3.8, 4) is 0 Å². The third-order valence-corrected chi connectivity index (χ3v) is 2.17. The molecule has 1 rings (SSSR count). The quantitative estimate of drug-likeness (QED) is 0.615. The Hall–Kier alpha value is -0.120. The monoisotopic (exact) mass is 158 g/mol. The van der Waals surface area contributed by atoms with E-state index in [2.05, 4.69) is 0 Å². The lowest BCUT2D eigenvalue weighted by molar-refractivity contribution is 0.0390. The van der Waals surface area contributed by atoms with E-state index in [1.807, 2.05) is 0 Å². The molecule has 1 heterocycles. The molecule has 1 aliphatic heterocycles. The fraction of sp³-hybridized carbons (Fsp3) is 1.00. The largest absolute Gasteiger partial charge is 0.375 e. The minimum atomic E-state index is 0.413. The fourth-order valence-electron chi connectivity index (χ4n) is 1.58. The summed E-state index contributed by atoms with van der Waals surface area (Å²) < 4.78 is 5.68. The second kappa shape index (κ2) is 4.70. The van der Waals surface area contributed by atoms with E-state index in [9.17, 15) is 0 Å². The summed E-state index contributed by atoms with van der Waals surface area (Å²) in [6.07, 6.45) is 5.17. The van der Waals surface area contributed by atoms with Crippen LogP contribution in [0.15, 0.2) is 0 Å². The molecule has 3 nitrogen and oxygen atoms in total. The molecule has 0 aliphatic carbocycles. The molecule has 1 saturated heterocycles. The molecule has 0 aromatic rings. The molecular weight excluding hydrogens is 140 g/mol. The summed E-state index contributed by atoms with van der Waals surface area (Å²) in [4.78, 5) is 0. The number of hydrogen-bond acceptors (Lipinski definition) is 3. The van der Waals surface area contributed by atoms with E-state index < -0.39 is 0 Å². The first-order chi connectivity index (χ1) is 5.36. The van der Waals surface area contributed by atoms with Crippen LogP contribution in [-0.2, 0) is 4.74 Å². The van der Waals surface area contributed by atoms with Crippen molar-refractivity contribution in [1.82, 2.24) is 0 Å². The van der Waals surface area contributed by atoms with Gasteiger partial charge in [-0.3, -0.25) is 0 Å². The Kier molecular flexibility index (Phi) is 3.83. The van der Waals surface area contributed by atoms with Crippen molar-refractivity contribution in [2.45, 2.75) is 37.9 Å². The van der Waals surface area contributed by atoms with Gasteiger partial charge in [-0.1, -0.05) is 0 Å². The van der Waals surface area contributed by atoms with E-state index in [1.165, 1.54) is 12.8 Å². The average molecular weight is 158 g/mol. The molecule has 3 heteroatoms. The maximum absolute atomic E-state index is 5.68. The van der Waals surface area contributed by atoms with Crippen molar-refractivity contribution >= 4 is 0 Å². The topological polar surface area (TPSA) is 61.3 Å². The van der Waals surface area contributed by atoms with Crippen molar-refractivity contribution in [2.24, 2.45) is 11.5 Å². The first-order valence-electron chi connectivity index (χ1n) is 4.42. The third-order valence-electron chi connectivity index (χ3n) is 2.17. The molecule has 0 saturated carbocycles. The summed E-state index contributed by atoms with van der Waals surface area (Å²) in [5, 5.41) is 0. The molecule has 4 N–H and O–H groups in total. The Bertz CT molecular complexity index is 96.3. The molecule has 0 unspecified atom stereocenters. The molecule has 0 amide bonds. The highest BCUT2D eigenvalue weighted by Crippen LogP contribution is 2.23. The maximum Gasteiger partial charge on any atom is 0.0591 e. The molecular formula is C8H18N2O. The van der Waals surface area contributed by atoms with E-state index >= 15 is 0 Å². The molecule has 2 atom stereocenters. The lowest BCUT2D eigenvalue weighted by Crippen LogP contribution is -2.17. The summed E-state index contributed by atoms with van der Waals surface area (Å²) >= 11 is 0. The van der Waals surface area contributed by atoms with E-state index in [4.69, 9.17) is 16.2 Å². The summed E-state index contributed by atoms with van der Waals surface area (Å²) in [6.45, 7) is 1.47. The second-order valence-corrected chi connectivity index (χ2v) is 3.11. The van der Waals surface area contributed by atoms with Crippen LogP contribution in [0.5, 0.6) is 0 Å². The van der Waals surface area contributed by atoms with Crippen LogP contribution in [0.1, 0.15) is 25.7 Å². The Balaban J connectivity index is 2.12. The average Bonchev–Trinajstić information content (AvgIpc) is 2.38. The van der Waals surface area contributed by atoms with Crippen molar-refractivity contribution in [3.05, 3.63) is 0 Å². The normalized spacial score (nSPS) is 31.1. The minimum absolute atomic E-state index is 0.413. The van der Waals surface area contributed by atoms with E-state index in [0.29, 0.717) is 12.2 Å². The van der Waals surface area contributed by atoms with Crippen molar-refractivity contribution < 1.29 is 4.74 Å². The van der Waals surface area contributed by atoms with Gasteiger partial charge in [0.15, 0.2) is 0 Å². The van der Waals surface area contributed by atoms with Gasteiger partial charge in [-0.2, -0.15) is 0 Å². The van der Waals surface area contributed by atoms with Gasteiger partial charge < -0.3 is 16.2 Å². The zero-order valence-electron chi connectivity index (χ0n) is 6.96. The van der Waals surface area contributed by atoms with Gasteiger partial charge in [-0.15, -0.1) is 0 Å². The maximum atomic E-state index is 5.68. The molecule has 0 spiro atoms. The minimum Gasteiger partial charge on any atom is -0.375 e. The van der Waals surface area contributed by atoms with Gasteiger partial charge in [-0.25, -0.2) is 0 Å². The first kappa shape index (κ1) is 8.97. The van der Waals surface area contributed by atoms with Gasteiger partial charge >= 0.3 is 0 Å². The molecule has 66 valence electrons. The van der Waals surface area contributed by atoms with E-state index in [-0.39, 0.29) is 0 Å². The molecule has 1 fully saturated rings. The highest BCUT2D eigenvalue weighted by molar-refractivity contribution is 4.73. The van der Waals surface area contributed by atoms with Crippen LogP contribution in [0.2, 0.25) is 0 Å². The Labute approximate surface area is 68.1 Å². The lowest BCUT2D eigenvalue weighted by Gasteiger charge is -2.11. The summed E-state index contributed by atoms with van der Waals surface area (Å²) in [5.74, 6) is 0. The standard InChI is InChI=1S/C8H18N2O/c9-5-3-7-1-2-8(11-7)4-6-10/h7-8H,1-6,9-10H2/t7-,8-/m0/s1. The Morgan fingerprint density at radius 3 is 1.82 bits per heavy atom. The highest BCUT2D eigenvalue weighted by Gasteiger charge is 2.23. The molecule has 0 bridgehead atoms. The molecule has 1 aliphatic rings. The van der Waals surface area contributed by atoms with Crippen LogP contribution >= 0.6 is 0 Å². The molecule has 0 aromatic heterocycles. The lowest BCUT2D eigenvalue weighted by atomic mass is 10.1. The molecule has 0 radical (unpaired) electrons. The van der Waals surface area contributed by atoms with Gasteiger partial charge in [0, 0.05) is 0 Å². The zero-order valence-corrected chi connectivity index (χ0v) is 6.96. The van der Waals surface area contributed by atoms with Gasteiger partial charge in [0.05, 0.1) is 12.2 Å². The van der Waals surface area contributed by atoms with Crippen molar-refractivity contribution in [3.63, 3.8) is 0 Å². The SMILES string of the molecule is NCC[C@@H]1CC[C@@H](CCN)O1. The fourth-order valence-corrected chi connectivity index (χ4v) is 1.58. The van der Waals surface area contributed by atoms with Crippen LogP contribution < -0.4 is 11.5 Å². The Morgan fingerprint density at radius 2 is 1.45 bits per heavy atom. The van der Waals surface area contributed by atoms with Crippen LogP contribution in [0, 0.1) is 0 Å². The molecule has 11 heavy (non-hydrogen) atoms. The zero-order chi connectivity index (χ0) is 8.10. The van der Waals surface area contributed by atoms with Crippen LogP contribution in [0.4, 0.5) is 0 Å².